The lowest BCUT2D eigenvalue weighted by atomic mass is 9.96. The number of benzene rings is 2. The van der Waals surface area contributed by atoms with Gasteiger partial charge in [-0.15, -0.1) is 0 Å². The van der Waals surface area contributed by atoms with Crippen LogP contribution >= 0.6 is 11.3 Å². The fraction of sp³-hybridized carbons (Fsp3) is 0.172. The van der Waals surface area contributed by atoms with Crippen LogP contribution in [-0.4, -0.2) is 31.2 Å². The van der Waals surface area contributed by atoms with E-state index in [0.717, 1.165) is 26.9 Å². The molecule has 1 atom stereocenters. The number of ketones is 1. The molecule has 7 nitrogen and oxygen atoms in total. The molecule has 2 aromatic carbocycles. The third-order valence-electron chi connectivity index (χ3n) is 6.88. The zero-order valence-corrected chi connectivity index (χ0v) is 21.6. The molecule has 3 aromatic heterocycles. The molecule has 1 aliphatic heterocycles. The van der Waals surface area contributed by atoms with Gasteiger partial charge in [-0.25, -0.2) is 9.97 Å². The normalized spacial score (nSPS) is 17.4. The summed E-state index contributed by atoms with van der Waals surface area (Å²) in [6.07, 6.45) is 1.86. The lowest BCUT2D eigenvalue weighted by molar-refractivity contribution is -0.132. The van der Waals surface area contributed by atoms with Crippen LogP contribution in [0.2, 0.25) is 0 Å². The summed E-state index contributed by atoms with van der Waals surface area (Å²) in [5, 5.41) is 12.0. The molecule has 1 aliphatic rings. The summed E-state index contributed by atoms with van der Waals surface area (Å²) in [7, 11) is 0. The van der Waals surface area contributed by atoms with Gasteiger partial charge in [0.2, 0.25) is 0 Å². The van der Waals surface area contributed by atoms with E-state index in [1.54, 1.807) is 0 Å². The van der Waals surface area contributed by atoms with Crippen molar-refractivity contribution in [1.29, 1.82) is 0 Å². The van der Waals surface area contributed by atoms with E-state index in [-0.39, 0.29) is 17.0 Å². The van der Waals surface area contributed by atoms with Crippen LogP contribution in [0.15, 0.2) is 66.4 Å². The Kier molecular flexibility index (Phi) is 5.24. The summed E-state index contributed by atoms with van der Waals surface area (Å²) in [6.45, 7) is 7.74. The predicted octanol–water partition coefficient (Wildman–Crippen LogP) is 5.80. The maximum absolute atomic E-state index is 13.6. The molecule has 0 bridgehead atoms. The van der Waals surface area contributed by atoms with Crippen LogP contribution in [-0.2, 0) is 9.59 Å². The molecule has 184 valence electrons. The van der Waals surface area contributed by atoms with Crippen molar-refractivity contribution < 1.29 is 14.7 Å². The lowest BCUT2D eigenvalue weighted by Gasteiger charge is -2.23. The molecule has 4 heterocycles. The highest BCUT2D eigenvalue weighted by atomic mass is 32.1. The lowest BCUT2D eigenvalue weighted by Crippen LogP contribution is -2.29. The molecule has 37 heavy (non-hydrogen) atoms. The van der Waals surface area contributed by atoms with E-state index >= 15 is 0 Å². The largest absolute Gasteiger partial charge is 0.505 e. The Bertz CT molecular complexity index is 1780. The maximum Gasteiger partial charge on any atom is 0.301 e. The Hall–Kier alpha value is -4.30. The minimum atomic E-state index is -0.840. The zero-order chi connectivity index (χ0) is 26.0. The first-order valence-electron chi connectivity index (χ1n) is 11.9. The number of hydrogen-bond acceptors (Lipinski definition) is 6. The molecule has 1 unspecified atom stereocenters. The van der Waals surface area contributed by atoms with Crippen LogP contribution in [0.3, 0.4) is 0 Å². The number of aromatic nitrogens is 3. The van der Waals surface area contributed by atoms with Gasteiger partial charge >= 0.3 is 5.91 Å². The molecular formula is C29H24N4O3S. The van der Waals surface area contributed by atoms with Crippen LogP contribution in [0.25, 0.3) is 21.6 Å². The van der Waals surface area contributed by atoms with Crippen LogP contribution in [0, 0.1) is 27.7 Å². The van der Waals surface area contributed by atoms with Gasteiger partial charge in [-0.2, -0.15) is 0 Å². The molecule has 5 aromatic rings. The Balaban J connectivity index is 1.60. The van der Waals surface area contributed by atoms with Gasteiger partial charge in [0.15, 0.2) is 10.9 Å². The number of nitrogens with zero attached hydrogens (tertiary/aromatic N) is 4. The van der Waals surface area contributed by atoms with Crippen molar-refractivity contribution in [3.05, 3.63) is 100 Å². The number of aryl methyl sites for hydroxylation is 4. The molecule has 1 fully saturated rings. The average molecular weight is 509 g/mol. The zero-order valence-electron chi connectivity index (χ0n) is 20.8. The first kappa shape index (κ1) is 23.1. The molecule has 0 saturated carbocycles. The monoisotopic (exact) mass is 508 g/mol. The highest BCUT2D eigenvalue weighted by Gasteiger charge is 2.48. The second-order valence-electron chi connectivity index (χ2n) is 9.48. The number of fused-ring (bicyclic) bond motifs is 2. The molecule has 1 amide bonds. The van der Waals surface area contributed by atoms with Crippen LogP contribution in [0.5, 0.6) is 0 Å². The fourth-order valence-corrected chi connectivity index (χ4v) is 5.98. The molecular weight excluding hydrogens is 484 g/mol. The van der Waals surface area contributed by atoms with E-state index in [2.05, 4.69) is 4.98 Å². The van der Waals surface area contributed by atoms with Crippen molar-refractivity contribution in [2.45, 2.75) is 33.7 Å². The Morgan fingerprint density at radius 2 is 1.68 bits per heavy atom. The standard InChI is InChI=1S/C29H24N4O3S/c1-15-7-10-19(11-8-15)24-22(25(34)23-18(4)32-13-5-6-17(3)27(32)31-23)26(35)28(36)33(24)29-30-20-12-9-16(2)14-21(20)37-29/h5-14,24,34H,1-4H3. The second kappa shape index (κ2) is 8.38. The number of aliphatic hydroxyl groups is 1. The van der Waals surface area contributed by atoms with E-state index in [0.29, 0.717) is 22.0 Å². The van der Waals surface area contributed by atoms with Gasteiger partial charge in [0, 0.05) is 6.20 Å². The summed E-state index contributed by atoms with van der Waals surface area (Å²) in [5.74, 6) is -1.77. The van der Waals surface area contributed by atoms with Crippen LogP contribution in [0.1, 0.15) is 39.7 Å². The third-order valence-corrected chi connectivity index (χ3v) is 7.90. The number of aliphatic hydroxyl groups excluding tert-OH is 1. The minimum absolute atomic E-state index is 0.00782. The number of pyridine rings is 1. The Morgan fingerprint density at radius 1 is 0.946 bits per heavy atom. The summed E-state index contributed by atoms with van der Waals surface area (Å²) in [4.78, 5) is 37.8. The summed E-state index contributed by atoms with van der Waals surface area (Å²) in [5.41, 5.74) is 6.17. The van der Waals surface area contributed by atoms with E-state index in [4.69, 9.17) is 4.98 Å². The van der Waals surface area contributed by atoms with Crippen molar-refractivity contribution >= 4 is 49.8 Å². The topological polar surface area (TPSA) is 87.8 Å². The van der Waals surface area contributed by atoms with Gasteiger partial charge in [-0.1, -0.05) is 53.3 Å². The quantitative estimate of drug-likeness (QED) is 0.189. The van der Waals surface area contributed by atoms with Gasteiger partial charge in [-0.3, -0.25) is 14.5 Å². The van der Waals surface area contributed by atoms with Crippen molar-refractivity contribution in [1.82, 2.24) is 14.4 Å². The number of rotatable bonds is 3. The molecule has 8 heteroatoms. The van der Waals surface area contributed by atoms with Crippen molar-refractivity contribution in [2.75, 3.05) is 4.90 Å². The summed E-state index contributed by atoms with van der Waals surface area (Å²) in [6, 6.07) is 16.5. The van der Waals surface area contributed by atoms with Crippen LogP contribution in [0.4, 0.5) is 5.13 Å². The molecule has 1 N–H and O–H groups in total. The molecule has 0 aliphatic carbocycles. The van der Waals surface area contributed by atoms with E-state index in [1.807, 2.05) is 92.9 Å². The minimum Gasteiger partial charge on any atom is -0.505 e. The van der Waals surface area contributed by atoms with Crippen molar-refractivity contribution in [3.8, 4) is 0 Å². The fourth-order valence-electron chi connectivity index (χ4n) is 4.89. The number of Topliss-reactive ketones (excluding diaryl/α,β-unsaturated/α-hetero) is 1. The summed E-state index contributed by atoms with van der Waals surface area (Å²) < 4.78 is 2.79. The Morgan fingerprint density at radius 3 is 2.41 bits per heavy atom. The van der Waals surface area contributed by atoms with Crippen molar-refractivity contribution in [2.24, 2.45) is 0 Å². The number of thiazole rings is 1. The number of carbonyl (C=O) groups is 2. The second-order valence-corrected chi connectivity index (χ2v) is 10.5. The smallest absolute Gasteiger partial charge is 0.301 e. The number of amides is 1. The molecule has 0 spiro atoms. The average Bonchev–Trinajstić information content (AvgIpc) is 3.52. The predicted molar refractivity (Wildman–Crippen MR) is 145 cm³/mol. The first-order chi connectivity index (χ1) is 17.7. The number of imidazole rings is 1. The van der Waals surface area contributed by atoms with Gasteiger partial charge in [-0.05, 0) is 62.6 Å². The number of carbonyl (C=O) groups excluding carboxylic acids is 2. The Labute approximate surface area is 217 Å². The SMILES string of the molecule is Cc1ccc(C2C(=C(O)c3nc4c(C)cccn4c3C)C(=O)C(=O)N2c2nc3ccc(C)cc3s2)cc1. The number of hydrogen-bond donors (Lipinski definition) is 1. The first-order valence-corrected chi connectivity index (χ1v) is 12.8. The van der Waals surface area contributed by atoms with E-state index < -0.39 is 17.7 Å². The molecule has 0 radical (unpaired) electrons. The summed E-state index contributed by atoms with van der Waals surface area (Å²) >= 11 is 1.35. The van der Waals surface area contributed by atoms with Gasteiger partial charge in [0.25, 0.3) is 5.78 Å². The third kappa shape index (κ3) is 3.55. The van der Waals surface area contributed by atoms with Crippen LogP contribution < -0.4 is 4.90 Å². The highest BCUT2D eigenvalue weighted by Crippen LogP contribution is 2.44. The van der Waals surface area contributed by atoms with Gasteiger partial charge < -0.3 is 9.51 Å². The van der Waals surface area contributed by atoms with E-state index in [9.17, 15) is 14.7 Å². The van der Waals surface area contributed by atoms with Crippen molar-refractivity contribution in [3.63, 3.8) is 0 Å². The highest BCUT2D eigenvalue weighted by molar-refractivity contribution is 7.22. The molecule has 1 saturated heterocycles. The van der Waals surface area contributed by atoms with E-state index in [1.165, 1.54) is 16.2 Å². The van der Waals surface area contributed by atoms with Gasteiger partial charge in [0.05, 0.1) is 27.5 Å². The number of anilines is 1. The maximum atomic E-state index is 13.6. The molecule has 6 rings (SSSR count). The van der Waals surface area contributed by atoms with Gasteiger partial charge in [0.1, 0.15) is 11.3 Å².